The van der Waals surface area contributed by atoms with Crippen LogP contribution in [0.2, 0.25) is 0 Å². The van der Waals surface area contributed by atoms with Crippen LogP contribution >= 0.6 is 15.9 Å². The zero-order valence-corrected chi connectivity index (χ0v) is 11.8. The van der Waals surface area contributed by atoms with E-state index in [9.17, 15) is 0 Å². The van der Waals surface area contributed by atoms with Gasteiger partial charge in [0, 0.05) is 11.0 Å². The molecule has 0 aliphatic heterocycles. The van der Waals surface area contributed by atoms with E-state index in [4.69, 9.17) is 5.73 Å². The van der Waals surface area contributed by atoms with Crippen molar-refractivity contribution in [3.05, 3.63) is 58.6 Å². The first-order chi connectivity index (χ1) is 8.75. The second-order valence-electron chi connectivity index (χ2n) is 4.25. The minimum Gasteiger partial charge on any atom is -0.397 e. The van der Waals surface area contributed by atoms with E-state index in [2.05, 4.69) is 45.5 Å². The van der Waals surface area contributed by atoms with E-state index in [-0.39, 0.29) is 0 Å². The molecule has 0 amide bonds. The SMILES string of the molecule is Nc1ccc(Br)cc1NCCCc1ccccc1. The maximum absolute atomic E-state index is 5.90. The first-order valence-electron chi connectivity index (χ1n) is 6.08. The van der Waals surface area contributed by atoms with Crippen LogP contribution in [0, 0.1) is 0 Å². The Morgan fingerprint density at radius 3 is 2.61 bits per heavy atom. The lowest BCUT2D eigenvalue weighted by atomic mass is 10.1. The lowest BCUT2D eigenvalue weighted by Crippen LogP contribution is -2.05. The van der Waals surface area contributed by atoms with Gasteiger partial charge in [0.25, 0.3) is 0 Å². The van der Waals surface area contributed by atoms with E-state index in [0.29, 0.717) is 0 Å². The molecule has 2 aromatic carbocycles. The highest BCUT2D eigenvalue weighted by Gasteiger charge is 1.99. The molecule has 0 spiro atoms. The Hall–Kier alpha value is -1.48. The van der Waals surface area contributed by atoms with Crippen molar-refractivity contribution < 1.29 is 0 Å². The molecule has 0 saturated carbocycles. The van der Waals surface area contributed by atoms with E-state index < -0.39 is 0 Å². The number of hydrogen-bond acceptors (Lipinski definition) is 2. The summed E-state index contributed by atoms with van der Waals surface area (Å²) in [7, 11) is 0. The number of anilines is 2. The summed E-state index contributed by atoms with van der Waals surface area (Å²) < 4.78 is 1.04. The summed E-state index contributed by atoms with van der Waals surface area (Å²) >= 11 is 3.45. The summed E-state index contributed by atoms with van der Waals surface area (Å²) in [6.45, 7) is 0.926. The van der Waals surface area contributed by atoms with Gasteiger partial charge in [0.15, 0.2) is 0 Å². The Labute approximate surface area is 116 Å². The maximum Gasteiger partial charge on any atom is 0.0585 e. The molecule has 2 nitrogen and oxygen atoms in total. The summed E-state index contributed by atoms with van der Waals surface area (Å²) in [5.41, 5.74) is 9.06. The number of nitrogen functional groups attached to an aromatic ring is 1. The number of nitrogens with two attached hydrogens (primary N) is 1. The monoisotopic (exact) mass is 304 g/mol. The van der Waals surface area contributed by atoms with Gasteiger partial charge >= 0.3 is 0 Å². The van der Waals surface area contributed by atoms with Gasteiger partial charge in [-0.3, -0.25) is 0 Å². The van der Waals surface area contributed by atoms with Crippen molar-refractivity contribution in [3.63, 3.8) is 0 Å². The molecule has 0 saturated heterocycles. The van der Waals surface area contributed by atoms with Gasteiger partial charge in [-0.25, -0.2) is 0 Å². The second-order valence-corrected chi connectivity index (χ2v) is 5.16. The fourth-order valence-corrected chi connectivity index (χ4v) is 2.20. The molecule has 0 aliphatic rings. The highest BCUT2D eigenvalue weighted by molar-refractivity contribution is 9.10. The van der Waals surface area contributed by atoms with Crippen LogP contribution in [-0.4, -0.2) is 6.54 Å². The molecular weight excluding hydrogens is 288 g/mol. The predicted molar refractivity (Wildman–Crippen MR) is 81.8 cm³/mol. The van der Waals surface area contributed by atoms with E-state index in [0.717, 1.165) is 35.2 Å². The van der Waals surface area contributed by atoms with Crippen molar-refractivity contribution in [2.75, 3.05) is 17.6 Å². The van der Waals surface area contributed by atoms with E-state index >= 15 is 0 Å². The highest BCUT2D eigenvalue weighted by Crippen LogP contribution is 2.23. The molecule has 94 valence electrons. The molecule has 3 heteroatoms. The average Bonchev–Trinajstić information content (AvgIpc) is 2.40. The Morgan fingerprint density at radius 2 is 1.83 bits per heavy atom. The zero-order chi connectivity index (χ0) is 12.8. The van der Waals surface area contributed by atoms with Gasteiger partial charge in [-0.05, 0) is 36.6 Å². The van der Waals surface area contributed by atoms with Gasteiger partial charge in [-0.2, -0.15) is 0 Å². The van der Waals surface area contributed by atoms with Crippen molar-refractivity contribution in [2.45, 2.75) is 12.8 Å². The second kappa shape index (κ2) is 6.45. The predicted octanol–water partition coefficient (Wildman–Crippen LogP) is 4.08. The topological polar surface area (TPSA) is 38.0 Å². The molecule has 0 heterocycles. The third-order valence-corrected chi connectivity index (χ3v) is 3.31. The number of halogens is 1. The maximum atomic E-state index is 5.90. The van der Waals surface area contributed by atoms with Crippen LogP contribution in [0.3, 0.4) is 0 Å². The van der Waals surface area contributed by atoms with Crippen molar-refractivity contribution in [3.8, 4) is 0 Å². The largest absolute Gasteiger partial charge is 0.397 e. The van der Waals surface area contributed by atoms with Gasteiger partial charge in [-0.1, -0.05) is 46.3 Å². The van der Waals surface area contributed by atoms with Crippen LogP contribution in [0.1, 0.15) is 12.0 Å². The Kier molecular flexibility index (Phi) is 4.65. The lowest BCUT2D eigenvalue weighted by molar-refractivity contribution is 0.863. The fourth-order valence-electron chi connectivity index (χ4n) is 1.84. The smallest absolute Gasteiger partial charge is 0.0585 e. The third kappa shape index (κ3) is 3.77. The van der Waals surface area contributed by atoms with E-state index in [1.54, 1.807) is 0 Å². The van der Waals surface area contributed by atoms with Crippen LogP contribution in [0.5, 0.6) is 0 Å². The molecule has 0 fully saturated rings. The third-order valence-electron chi connectivity index (χ3n) is 2.82. The first kappa shape index (κ1) is 13.0. The van der Waals surface area contributed by atoms with Crippen LogP contribution in [0.25, 0.3) is 0 Å². The fraction of sp³-hybridized carbons (Fsp3) is 0.200. The number of aryl methyl sites for hydroxylation is 1. The number of rotatable bonds is 5. The minimum atomic E-state index is 0.790. The van der Waals surface area contributed by atoms with Gasteiger partial charge in [-0.15, -0.1) is 0 Å². The van der Waals surface area contributed by atoms with Gasteiger partial charge in [0.2, 0.25) is 0 Å². The number of benzene rings is 2. The zero-order valence-electron chi connectivity index (χ0n) is 10.2. The molecule has 2 rings (SSSR count). The van der Waals surface area contributed by atoms with Crippen molar-refractivity contribution >= 4 is 27.3 Å². The van der Waals surface area contributed by atoms with Crippen molar-refractivity contribution in [1.82, 2.24) is 0 Å². The van der Waals surface area contributed by atoms with Crippen LogP contribution in [-0.2, 0) is 6.42 Å². The molecule has 2 aromatic rings. The van der Waals surface area contributed by atoms with Crippen molar-refractivity contribution in [1.29, 1.82) is 0 Å². The van der Waals surface area contributed by atoms with Gasteiger partial charge < -0.3 is 11.1 Å². The molecule has 0 bridgehead atoms. The van der Waals surface area contributed by atoms with Gasteiger partial charge in [0.1, 0.15) is 0 Å². The number of nitrogens with one attached hydrogen (secondary N) is 1. The summed E-state index contributed by atoms with van der Waals surface area (Å²) in [6, 6.07) is 16.4. The van der Waals surface area contributed by atoms with Gasteiger partial charge in [0.05, 0.1) is 11.4 Å². The van der Waals surface area contributed by atoms with E-state index in [1.165, 1.54) is 5.56 Å². The highest BCUT2D eigenvalue weighted by atomic mass is 79.9. The standard InChI is InChI=1S/C15H17BrN2/c16-13-8-9-14(17)15(11-13)18-10-4-7-12-5-2-1-3-6-12/h1-3,5-6,8-9,11,18H,4,7,10,17H2. The first-order valence-corrected chi connectivity index (χ1v) is 6.88. The summed E-state index contributed by atoms with van der Waals surface area (Å²) in [4.78, 5) is 0. The summed E-state index contributed by atoms with van der Waals surface area (Å²) in [6.07, 6.45) is 2.18. The molecule has 0 aliphatic carbocycles. The lowest BCUT2D eigenvalue weighted by Gasteiger charge is -2.09. The molecule has 3 N–H and O–H groups in total. The number of hydrogen-bond donors (Lipinski definition) is 2. The van der Waals surface area contributed by atoms with E-state index in [1.807, 2.05) is 24.3 Å². The van der Waals surface area contributed by atoms with Crippen molar-refractivity contribution in [2.24, 2.45) is 0 Å². The Morgan fingerprint density at radius 1 is 1.06 bits per heavy atom. The molecule has 0 aromatic heterocycles. The molecule has 0 atom stereocenters. The summed E-state index contributed by atoms with van der Waals surface area (Å²) in [5.74, 6) is 0. The average molecular weight is 305 g/mol. The summed E-state index contributed by atoms with van der Waals surface area (Å²) in [5, 5.41) is 3.37. The normalized spacial score (nSPS) is 10.3. The van der Waals surface area contributed by atoms with Crippen LogP contribution in [0.15, 0.2) is 53.0 Å². The molecule has 0 radical (unpaired) electrons. The molecule has 18 heavy (non-hydrogen) atoms. The Bertz CT molecular complexity index is 497. The quantitative estimate of drug-likeness (QED) is 0.645. The Balaban J connectivity index is 1.80. The van der Waals surface area contributed by atoms with Crippen LogP contribution in [0.4, 0.5) is 11.4 Å². The molecular formula is C15H17BrN2. The minimum absolute atomic E-state index is 0.790. The molecule has 0 unspecified atom stereocenters. The van der Waals surface area contributed by atoms with Crippen LogP contribution < -0.4 is 11.1 Å².